The standard InChI is InChI=1S/C22H30O3/c1-12-20(24)25-19-11-16-15-5-4-13-10-14(23)8-9-21(13,2)17(15)6-7-18(16)22(12,19)3/h4,12,14-15,17,19,23H,5-11H2,1-3H3/t12-,14+,15+,17+,19-,21+,22-/m1/s1. The van der Waals surface area contributed by atoms with Gasteiger partial charge in [-0.15, -0.1) is 0 Å². The molecule has 1 aliphatic heterocycles. The van der Waals surface area contributed by atoms with E-state index in [9.17, 15) is 9.90 Å². The Bertz CT molecular complexity index is 704. The molecule has 0 aromatic heterocycles. The second-order valence-corrected chi connectivity index (χ2v) is 9.67. The Morgan fingerprint density at radius 2 is 2.04 bits per heavy atom. The predicted octanol–water partition coefficient (Wildman–Crippen LogP) is 4.16. The van der Waals surface area contributed by atoms with Crippen molar-refractivity contribution in [1.29, 1.82) is 0 Å². The summed E-state index contributed by atoms with van der Waals surface area (Å²) in [4.78, 5) is 12.1. The molecule has 136 valence electrons. The highest BCUT2D eigenvalue weighted by molar-refractivity contribution is 5.77. The molecule has 1 N–H and O–H groups in total. The van der Waals surface area contributed by atoms with Gasteiger partial charge in [0.25, 0.3) is 0 Å². The first-order valence-electron chi connectivity index (χ1n) is 10.2. The van der Waals surface area contributed by atoms with Crippen LogP contribution in [-0.2, 0) is 9.53 Å². The first-order valence-corrected chi connectivity index (χ1v) is 10.2. The van der Waals surface area contributed by atoms with Gasteiger partial charge < -0.3 is 9.84 Å². The Kier molecular flexibility index (Phi) is 3.22. The Morgan fingerprint density at radius 1 is 1.24 bits per heavy atom. The van der Waals surface area contributed by atoms with Gasteiger partial charge >= 0.3 is 5.97 Å². The summed E-state index contributed by atoms with van der Waals surface area (Å²) in [7, 11) is 0. The van der Waals surface area contributed by atoms with E-state index in [1.807, 2.05) is 0 Å². The predicted molar refractivity (Wildman–Crippen MR) is 95.7 cm³/mol. The molecule has 5 aliphatic rings. The molecule has 3 nitrogen and oxygen atoms in total. The molecule has 3 heteroatoms. The zero-order chi connectivity index (χ0) is 17.6. The van der Waals surface area contributed by atoms with Gasteiger partial charge in [0.05, 0.1) is 12.0 Å². The summed E-state index contributed by atoms with van der Waals surface area (Å²) in [6.45, 7) is 6.79. The minimum absolute atomic E-state index is 0.000213. The van der Waals surface area contributed by atoms with Crippen molar-refractivity contribution in [2.75, 3.05) is 0 Å². The molecule has 0 radical (unpaired) electrons. The van der Waals surface area contributed by atoms with Gasteiger partial charge in [0.15, 0.2) is 0 Å². The van der Waals surface area contributed by atoms with Crippen LogP contribution in [0.4, 0.5) is 0 Å². The number of rotatable bonds is 0. The maximum Gasteiger partial charge on any atom is 0.309 e. The number of aliphatic hydroxyl groups is 1. The summed E-state index contributed by atoms with van der Waals surface area (Å²) >= 11 is 0. The van der Waals surface area contributed by atoms with E-state index in [1.165, 1.54) is 12.0 Å². The SMILES string of the molecule is C[C@@H]1C(=O)O[C@@H]2CC3=C(CC[C@H]4[C@H]3CC=C3C[C@@H](O)CC[C@@]34C)[C@@]12C. The lowest BCUT2D eigenvalue weighted by Crippen LogP contribution is -2.44. The van der Waals surface area contributed by atoms with E-state index >= 15 is 0 Å². The number of carbonyl (C=O) groups excluding carboxylic acids is 1. The van der Waals surface area contributed by atoms with Crippen molar-refractivity contribution in [1.82, 2.24) is 0 Å². The number of aliphatic hydroxyl groups excluding tert-OH is 1. The van der Waals surface area contributed by atoms with E-state index in [0.717, 1.165) is 38.5 Å². The molecule has 1 saturated heterocycles. The molecule has 5 rings (SSSR count). The van der Waals surface area contributed by atoms with Gasteiger partial charge in [-0.3, -0.25) is 4.79 Å². The highest BCUT2D eigenvalue weighted by Crippen LogP contribution is 2.65. The van der Waals surface area contributed by atoms with Crippen LogP contribution in [0, 0.1) is 28.6 Å². The Labute approximate surface area is 150 Å². The van der Waals surface area contributed by atoms with E-state index in [-0.39, 0.29) is 34.9 Å². The largest absolute Gasteiger partial charge is 0.461 e. The lowest BCUT2D eigenvalue weighted by Gasteiger charge is -2.53. The third-order valence-electron chi connectivity index (χ3n) is 8.88. The van der Waals surface area contributed by atoms with Crippen LogP contribution in [0.3, 0.4) is 0 Å². The summed E-state index contributed by atoms with van der Waals surface area (Å²) in [5.41, 5.74) is 4.91. The molecule has 0 spiro atoms. The van der Waals surface area contributed by atoms with Crippen LogP contribution in [0.1, 0.15) is 65.7 Å². The minimum Gasteiger partial charge on any atom is -0.461 e. The Morgan fingerprint density at radius 3 is 2.84 bits per heavy atom. The minimum atomic E-state index is -0.140. The highest BCUT2D eigenvalue weighted by atomic mass is 16.6. The zero-order valence-electron chi connectivity index (χ0n) is 15.7. The zero-order valence-corrected chi connectivity index (χ0v) is 15.7. The number of hydrogen-bond acceptors (Lipinski definition) is 3. The van der Waals surface area contributed by atoms with Gasteiger partial charge in [-0.25, -0.2) is 0 Å². The molecule has 2 fully saturated rings. The van der Waals surface area contributed by atoms with Gasteiger partial charge in [-0.05, 0) is 55.8 Å². The molecule has 1 saturated carbocycles. The summed E-state index contributed by atoms with van der Waals surface area (Å²) in [6.07, 6.45) is 9.77. The van der Waals surface area contributed by atoms with E-state index in [2.05, 4.69) is 26.8 Å². The lowest BCUT2D eigenvalue weighted by atomic mass is 9.52. The quantitative estimate of drug-likeness (QED) is 0.531. The van der Waals surface area contributed by atoms with Crippen molar-refractivity contribution in [3.8, 4) is 0 Å². The Balaban J connectivity index is 1.54. The van der Waals surface area contributed by atoms with Crippen molar-refractivity contribution in [3.05, 3.63) is 22.8 Å². The lowest BCUT2D eigenvalue weighted by molar-refractivity contribution is -0.143. The van der Waals surface area contributed by atoms with Crippen LogP contribution < -0.4 is 0 Å². The summed E-state index contributed by atoms with van der Waals surface area (Å²) in [6, 6.07) is 0. The fraction of sp³-hybridized carbons (Fsp3) is 0.773. The molecular formula is C22H30O3. The van der Waals surface area contributed by atoms with Crippen LogP contribution in [0.5, 0.6) is 0 Å². The van der Waals surface area contributed by atoms with E-state index in [0.29, 0.717) is 11.8 Å². The third kappa shape index (κ3) is 1.88. The van der Waals surface area contributed by atoms with Gasteiger partial charge in [0.1, 0.15) is 6.10 Å². The maximum atomic E-state index is 12.1. The monoisotopic (exact) mass is 342 g/mol. The van der Waals surface area contributed by atoms with Gasteiger partial charge in [0, 0.05) is 11.8 Å². The average Bonchev–Trinajstić information content (AvgIpc) is 2.99. The van der Waals surface area contributed by atoms with Crippen LogP contribution >= 0.6 is 0 Å². The fourth-order valence-electron chi connectivity index (χ4n) is 7.11. The fourth-order valence-corrected chi connectivity index (χ4v) is 7.11. The van der Waals surface area contributed by atoms with Crippen molar-refractivity contribution < 1.29 is 14.6 Å². The maximum absolute atomic E-state index is 12.1. The molecular weight excluding hydrogens is 312 g/mol. The van der Waals surface area contributed by atoms with Crippen molar-refractivity contribution in [3.63, 3.8) is 0 Å². The molecule has 25 heavy (non-hydrogen) atoms. The smallest absolute Gasteiger partial charge is 0.309 e. The van der Waals surface area contributed by atoms with E-state index in [1.54, 1.807) is 11.1 Å². The molecule has 1 heterocycles. The number of allylic oxidation sites excluding steroid dienone is 1. The van der Waals surface area contributed by atoms with Crippen molar-refractivity contribution >= 4 is 5.97 Å². The van der Waals surface area contributed by atoms with Crippen molar-refractivity contribution in [2.45, 2.75) is 77.9 Å². The number of ether oxygens (including phenoxy) is 1. The van der Waals surface area contributed by atoms with Gasteiger partial charge in [0.2, 0.25) is 0 Å². The molecule has 0 aromatic carbocycles. The molecule has 7 atom stereocenters. The molecule has 0 unspecified atom stereocenters. The first kappa shape index (κ1) is 16.1. The normalized spacial score (nSPS) is 51.3. The molecule has 0 aromatic rings. The van der Waals surface area contributed by atoms with Crippen LogP contribution in [0.15, 0.2) is 22.8 Å². The van der Waals surface area contributed by atoms with Crippen molar-refractivity contribution in [2.24, 2.45) is 28.6 Å². The summed E-state index contributed by atoms with van der Waals surface area (Å²) < 4.78 is 5.79. The highest BCUT2D eigenvalue weighted by Gasteiger charge is 2.61. The Hall–Kier alpha value is -1.09. The number of fused-ring (bicyclic) bond motifs is 6. The topological polar surface area (TPSA) is 46.5 Å². The summed E-state index contributed by atoms with van der Waals surface area (Å²) in [5.74, 6) is 1.32. The van der Waals surface area contributed by atoms with Gasteiger partial charge in [-0.2, -0.15) is 0 Å². The first-order chi connectivity index (χ1) is 11.9. The molecule has 0 amide bonds. The molecule has 0 bridgehead atoms. The average molecular weight is 342 g/mol. The van der Waals surface area contributed by atoms with E-state index < -0.39 is 0 Å². The van der Waals surface area contributed by atoms with Crippen LogP contribution in [0.2, 0.25) is 0 Å². The van der Waals surface area contributed by atoms with Gasteiger partial charge in [-0.1, -0.05) is 43.6 Å². The van der Waals surface area contributed by atoms with Crippen LogP contribution in [0.25, 0.3) is 0 Å². The number of esters is 1. The van der Waals surface area contributed by atoms with E-state index in [4.69, 9.17) is 4.74 Å². The third-order valence-corrected chi connectivity index (χ3v) is 8.88. The second kappa shape index (κ2) is 5.00. The number of hydrogen-bond donors (Lipinski definition) is 1. The van der Waals surface area contributed by atoms with Crippen LogP contribution in [-0.4, -0.2) is 23.3 Å². The molecule has 4 aliphatic carbocycles. The summed E-state index contributed by atoms with van der Waals surface area (Å²) in [5, 5.41) is 10.1. The second-order valence-electron chi connectivity index (χ2n) is 9.67. The number of carbonyl (C=O) groups is 1.